The lowest BCUT2D eigenvalue weighted by molar-refractivity contribution is 0.487. The van der Waals surface area contributed by atoms with Crippen molar-refractivity contribution in [2.45, 2.75) is 45.6 Å². The molecular weight excluding hydrogens is 164 g/mol. The topological polar surface area (TPSA) is 56.7 Å². The molecule has 0 aliphatic rings. The third-order valence-electron chi connectivity index (χ3n) is 2.02. The number of aromatic nitrogens is 3. The lowest BCUT2D eigenvalue weighted by Crippen LogP contribution is -2.02. The number of hydrogen-bond acceptors (Lipinski definition) is 3. The Morgan fingerprint density at radius 3 is 2.69 bits per heavy atom. The summed E-state index contributed by atoms with van der Waals surface area (Å²) in [5.74, 6) is 0.508. The zero-order valence-corrected chi connectivity index (χ0v) is 8.24. The average Bonchev–Trinajstić information content (AvgIpc) is 2.51. The van der Waals surface area contributed by atoms with E-state index in [1.807, 2.05) is 0 Å². The number of nitrogens with two attached hydrogens (primary N) is 1. The van der Waals surface area contributed by atoms with Crippen LogP contribution < -0.4 is 5.73 Å². The largest absolute Gasteiger partial charge is 0.381 e. The summed E-state index contributed by atoms with van der Waals surface area (Å²) in [4.78, 5) is 1.67. The first-order valence-corrected chi connectivity index (χ1v) is 4.98. The van der Waals surface area contributed by atoms with E-state index in [4.69, 9.17) is 5.73 Å². The van der Waals surface area contributed by atoms with Gasteiger partial charge in [-0.1, -0.05) is 32.6 Å². The number of nitrogens with zero attached hydrogens (tertiary/aromatic N) is 3. The molecule has 0 saturated carbocycles. The van der Waals surface area contributed by atoms with Gasteiger partial charge in [-0.05, 0) is 6.42 Å². The molecule has 0 aliphatic carbocycles. The fourth-order valence-electron chi connectivity index (χ4n) is 1.28. The Labute approximate surface area is 79.1 Å². The van der Waals surface area contributed by atoms with Crippen molar-refractivity contribution in [2.24, 2.45) is 0 Å². The highest BCUT2D eigenvalue weighted by Crippen LogP contribution is 2.03. The fraction of sp³-hybridized carbons (Fsp3) is 0.778. The summed E-state index contributed by atoms with van der Waals surface area (Å²) in [5.41, 5.74) is 5.44. The Hall–Kier alpha value is -1.06. The molecule has 0 atom stereocenters. The summed E-state index contributed by atoms with van der Waals surface area (Å²) < 4.78 is 0. The summed E-state index contributed by atoms with van der Waals surface area (Å²) in [6.07, 6.45) is 7.92. The summed E-state index contributed by atoms with van der Waals surface area (Å²) in [7, 11) is 0. The van der Waals surface area contributed by atoms with Gasteiger partial charge in [0.05, 0.1) is 12.7 Å². The second-order valence-electron chi connectivity index (χ2n) is 3.28. The van der Waals surface area contributed by atoms with Gasteiger partial charge in [0.2, 0.25) is 0 Å². The number of aryl methyl sites for hydroxylation is 1. The smallest absolute Gasteiger partial charge is 0.165 e. The third kappa shape index (κ3) is 3.92. The molecule has 1 aromatic rings. The maximum Gasteiger partial charge on any atom is 0.165 e. The zero-order chi connectivity index (χ0) is 9.52. The molecule has 13 heavy (non-hydrogen) atoms. The van der Waals surface area contributed by atoms with Crippen LogP contribution >= 0.6 is 0 Å². The standard InChI is InChI=1S/C9H18N4/c1-2-3-4-5-6-7-13-11-8-9(10)12-13/h8H,2-7H2,1H3,(H2,10,12). The van der Waals surface area contributed by atoms with Gasteiger partial charge in [0.15, 0.2) is 5.82 Å². The number of hydrogen-bond donors (Lipinski definition) is 1. The van der Waals surface area contributed by atoms with Gasteiger partial charge in [-0.25, -0.2) is 0 Å². The summed E-state index contributed by atoms with van der Waals surface area (Å²) in [6.45, 7) is 3.11. The number of unbranched alkanes of at least 4 members (excludes halogenated alkanes) is 4. The molecule has 1 rings (SSSR count). The molecule has 0 saturated heterocycles. The van der Waals surface area contributed by atoms with Gasteiger partial charge in [-0.15, -0.1) is 5.10 Å². The first-order valence-electron chi connectivity index (χ1n) is 4.98. The zero-order valence-electron chi connectivity index (χ0n) is 8.24. The molecule has 0 aromatic carbocycles. The van der Waals surface area contributed by atoms with Crippen molar-refractivity contribution < 1.29 is 0 Å². The van der Waals surface area contributed by atoms with Crippen LogP contribution in [0.4, 0.5) is 5.82 Å². The molecule has 4 nitrogen and oxygen atoms in total. The minimum atomic E-state index is 0.508. The van der Waals surface area contributed by atoms with Crippen molar-refractivity contribution in [2.75, 3.05) is 5.73 Å². The highest BCUT2D eigenvalue weighted by Gasteiger charge is 1.95. The lowest BCUT2D eigenvalue weighted by Gasteiger charge is -1.99. The van der Waals surface area contributed by atoms with Crippen LogP contribution in [0, 0.1) is 0 Å². The van der Waals surface area contributed by atoms with E-state index >= 15 is 0 Å². The number of nitrogen functional groups attached to an aromatic ring is 1. The third-order valence-corrected chi connectivity index (χ3v) is 2.02. The minimum Gasteiger partial charge on any atom is -0.381 e. The molecule has 0 unspecified atom stereocenters. The van der Waals surface area contributed by atoms with E-state index in [1.165, 1.54) is 25.7 Å². The molecule has 0 fully saturated rings. The molecule has 74 valence electrons. The second-order valence-corrected chi connectivity index (χ2v) is 3.28. The molecule has 2 N–H and O–H groups in total. The van der Waals surface area contributed by atoms with E-state index < -0.39 is 0 Å². The van der Waals surface area contributed by atoms with Crippen molar-refractivity contribution in [3.05, 3.63) is 6.20 Å². The van der Waals surface area contributed by atoms with Crippen molar-refractivity contribution in [1.82, 2.24) is 15.0 Å². The molecule has 0 spiro atoms. The van der Waals surface area contributed by atoms with Crippen molar-refractivity contribution in [3.8, 4) is 0 Å². The predicted octanol–water partition coefficient (Wildman–Crippen LogP) is 1.83. The van der Waals surface area contributed by atoms with Crippen LogP contribution in [0.2, 0.25) is 0 Å². The van der Waals surface area contributed by atoms with Crippen LogP contribution in [-0.4, -0.2) is 15.0 Å². The molecule has 4 heteroatoms. The molecule has 0 radical (unpaired) electrons. The number of anilines is 1. The van der Waals surface area contributed by atoms with Crippen molar-refractivity contribution in [3.63, 3.8) is 0 Å². The maximum atomic E-state index is 5.44. The Balaban J connectivity index is 2.06. The van der Waals surface area contributed by atoms with Crippen LogP contribution in [0.3, 0.4) is 0 Å². The van der Waals surface area contributed by atoms with Gasteiger partial charge in [-0.2, -0.15) is 9.90 Å². The summed E-state index contributed by atoms with van der Waals surface area (Å²) in [6, 6.07) is 0. The summed E-state index contributed by atoms with van der Waals surface area (Å²) in [5, 5.41) is 8.03. The van der Waals surface area contributed by atoms with E-state index in [2.05, 4.69) is 17.1 Å². The SMILES string of the molecule is CCCCCCCn1ncc(N)n1. The van der Waals surface area contributed by atoms with Gasteiger partial charge in [0.1, 0.15) is 0 Å². The fourth-order valence-corrected chi connectivity index (χ4v) is 1.28. The maximum absolute atomic E-state index is 5.44. The Morgan fingerprint density at radius 2 is 2.08 bits per heavy atom. The molecule has 1 heterocycles. The highest BCUT2D eigenvalue weighted by atomic mass is 15.5. The van der Waals surface area contributed by atoms with Gasteiger partial charge in [0, 0.05) is 0 Å². The molecule has 0 bridgehead atoms. The van der Waals surface area contributed by atoms with Crippen LogP contribution in [0.15, 0.2) is 6.20 Å². The molecule has 0 aliphatic heterocycles. The van der Waals surface area contributed by atoms with Gasteiger partial charge >= 0.3 is 0 Å². The first-order chi connectivity index (χ1) is 6.33. The second kappa shape index (κ2) is 5.56. The van der Waals surface area contributed by atoms with E-state index in [0.717, 1.165) is 13.0 Å². The van der Waals surface area contributed by atoms with Crippen molar-refractivity contribution in [1.29, 1.82) is 0 Å². The Morgan fingerprint density at radius 1 is 1.31 bits per heavy atom. The average molecular weight is 182 g/mol. The quantitative estimate of drug-likeness (QED) is 0.683. The normalized spacial score (nSPS) is 10.5. The Bertz CT molecular complexity index is 231. The van der Waals surface area contributed by atoms with Crippen LogP contribution in [0.25, 0.3) is 0 Å². The van der Waals surface area contributed by atoms with E-state index in [-0.39, 0.29) is 0 Å². The van der Waals surface area contributed by atoms with Gasteiger partial charge in [0.25, 0.3) is 0 Å². The lowest BCUT2D eigenvalue weighted by atomic mass is 10.2. The first kappa shape index (κ1) is 10.0. The van der Waals surface area contributed by atoms with Crippen LogP contribution in [0.5, 0.6) is 0 Å². The van der Waals surface area contributed by atoms with Crippen molar-refractivity contribution >= 4 is 5.82 Å². The monoisotopic (exact) mass is 182 g/mol. The van der Waals surface area contributed by atoms with E-state index in [1.54, 1.807) is 11.0 Å². The summed E-state index contributed by atoms with van der Waals surface area (Å²) >= 11 is 0. The van der Waals surface area contributed by atoms with Crippen LogP contribution in [-0.2, 0) is 6.54 Å². The highest BCUT2D eigenvalue weighted by molar-refractivity contribution is 5.19. The molecular formula is C9H18N4. The minimum absolute atomic E-state index is 0.508. The Kier molecular flexibility index (Phi) is 4.29. The van der Waals surface area contributed by atoms with Gasteiger partial charge < -0.3 is 5.73 Å². The van der Waals surface area contributed by atoms with Crippen LogP contribution in [0.1, 0.15) is 39.0 Å². The molecule has 1 aromatic heterocycles. The number of rotatable bonds is 6. The van der Waals surface area contributed by atoms with E-state index in [9.17, 15) is 0 Å². The van der Waals surface area contributed by atoms with E-state index in [0.29, 0.717) is 5.82 Å². The van der Waals surface area contributed by atoms with Gasteiger partial charge in [-0.3, -0.25) is 0 Å². The predicted molar refractivity (Wildman–Crippen MR) is 53.2 cm³/mol. The molecule has 0 amide bonds.